The SMILES string of the molecule is Cc1noc(CNC(=O)Cn2cc(N)cn2)n1. The molecular weight excluding hydrogens is 224 g/mol. The molecule has 2 aromatic heterocycles. The van der Waals surface area contributed by atoms with Gasteiger partial charge in [-0.2, -0.15) is 10.1 Å². The molecule has 0 bridgehead atoms. The maximum Gasteiger partial charge on any atom is 0.246 e. The number of aryl methyl sites for hydroxylation is 1. The number of aromatic nitrogens is 4. The van der Waals surface area contributed by atoms with Gasteiger partial charge in [-0.15, -0.1) is 0 Å². The first-order valence-corrected chi connectivity index (χ1v) is 4.97. The van der Waals surface area contributed by atoms with Crippen LogP contribution in [0.2, 0.25) is 0 Å². The molecule has 0 aromatic carbocycles. The van der Waals surface area contributed by atoms with Crippen LogP contribution in [0.1, 0.15) is 11.7 Å². The maximum absolute atomic E-state index is 11.5. The van der Waals surface area contributed by atoms with Gasteiger partial charge in [0.1, 0.15) is 6.54 Å². The van der Waals surface area contributed by atoms with E-state index >= 15 is 0 Å². The van der Waals surface area contributed by atoms with Crippen molar-refractivity contribution in [2.45, 2.75) is 20.0 Å². The summed E-state index contributed by atoms with van der Waals surface area (Å²) in [6.07, 6.45) is 3.06. The third-order valence-corrected chi connectivity index (χ3v) is 1.97. The second-order valence-corrected chi connectivity index (χ2v) is 3.48. The number of nitrogens with two attached hydrogens (primary N) is 1. The van der Waals surface area contributed by atoms with Crippen LogP contribution in [0, 0.1) is 6.92 Å². The largest absolute Gasteiger partial charge is 0.396 e. The van der Waals surface area contributed by atoms with Gasteiger partial charge >= 0.3 is 0 Å². The lowest BCUT2D eigenvalue weighted by Gasteiger charge is -2.01. The van der Waals surface area contributed by atoms with Crippen molar-refractivity contribution in [1.82, 2.24) is 25.2 Å². The minimum absolute atomic E-state index is 0.102. The van der Waals surface area contributed by atoms with Crippen molar-refractivity contribution in [1.29, 1.82) is 0 Å². The molecule has 0 unspecified atom stereocenters. The fourth-order valence-electron chi connectivity index (χ4n) is 1.26. The van der Waals surface area contributed by atoms with E-state index in [1.165, 1.54) is 10.9 Å². The average molecular weight is 236 g/mol. The lowest BCUT2D eigenvalue weighted by molar-refractivity contribution is -0.122. The van der Waals surface area contributed by atoms with Crippen molar-refractivity contribution in [3.8, 4) is 0 Å². The van der Waals surface area contributed by atoms with Crippen molar-refractivity contribution in [3.05, 3.63) is 24.1 Å². The van der Waals surface area contributed by atoms with Crippen LogP contribution < -0.4 is 11.1 Å². The minimum atomic E-state index is -0.205. The highest BCUT2D eigenvalue weighted by Crippen LogP contribution is 1.98. The third kappa shape index (κ3) is 3.03. The second kappa shape index (κ2) is 4.64. The summed E-state index contributed by atoms with van der Waals surface area (Å²) in [6.45, 7) is 2.02. The first-order chi connectivity index (χ1) is 8.13. The van der Waals surface area contributed by atoms with Gasteiger partial charge in [-0.25, -0.2) is 0 Å². The summed E-state index contributed by atoms with van der Waals surface area (Å²) in [5.74, 6) is 0.703. The Bertz CT molecular complexity index is 517. The van der Waals surface area contributed by atoms with Crippen molar-refractivity contribution >= 4 is 11.6 Å². The van der Waals surface area contributed by atoms with Gasteiger partial charge < -0.3 is 15.6 Å². The number of hydrogen-bond donors (Lipinski definition) is 2. The van der Waals surface area contributed by atoms with Crippen molar-refractivity contribution < 1.29 is 9.32 Å². The van der Waals surface area contributed by atoms with Crippen LogP contribution in [0.25, 0.3) is 0 Å². The number of carbonyl (C=O) groups excluding carboxylic acids is 1. The number of amides is 1. The molecule has 1 amide bonds. The molecule has 0 fully saturated rings. The van der Waals surface area contributed by atoms with Crippen LogP contribution >= 0.6 is 0 Å². The molecule has 0 aliphatic heterocycles. The number of hydrogen-bond acceptors (Lipinski definition) is 6. The quantitative estimate of drug-likeness (QED) is 0.738. The molecule has 2 rings (SSSR count). The topological polar surface area (TPSA) is 112 Å². The highest BCUT2D eigenvalue weighted by atomic mass is 16.5. The molecule has 8 heteroatoms. The Labute approximate surface area is 96.8 Å². The molecule has 0 saturated carbocycles. The molecule has 0 aliphatic carbocycles. The van der Waals surface area contributed by atoms with Gasteiger partial charge in [0.25, 0.3) is 0 Å². The van der Waals surface area contributed by atoms with Crippen LogP contribution in [0.15, 0.2) is 16.9 Å². The molecular formula is C9H12N6O2. The molecule has 0 saturated heterocycles. The third-order valence-electron chi connectivity index (χ3n) is 1.97. The molecule has 0 atom stereocenters. The smallest absolute Gasteiger partial charge is 0.246 e. The Morgan fingerprint density at radius 3 is 3.06 bits per heavy atom. The van der Waals surface area contributed by atoms with Crippen LogP contribution in [0.5, 0.6) is 0 Å². The molecule has 17 heavy (non-hydrogen) atoms. The zero-order valence-corrected chi connectivity index (χ0v) is 9.25. The highest BCUT2D eigenvalue weighted by molar-refractivity contribution is 5.75. The van der Waals surface area contributed by atoms with E-state index in [0.717, 1.165) is 0 Å². The second-order valence-electron chi connectivity index (χ2n) is 3.48. The average Bonchev–Trinajstić information content (AvgIpc) is 2.85. The van der Waals surface area contributed by atoms with Crippen molar-refractivity contribution in [2.24, 2.45) is 0 Å². The monoisotopic (exact) mass is 236 g/mol. The molecule has 90 valence electrons. The number of nitrogens with one attached hydrogen (secondary N) is 1. The fourth-order valence-corrected chi connectivity index (χ4v) is 1.26. The van der Waals surface area contributed by atoms with Crippen LogP contribution in [-0.2, 0) is 17.9 Å². The first-order valence-electron chi connectivity index (χ1n) is 4.97. The van der Waals surface area contributed by atoms with Gasteiger partial charge in [0.2, 0.25) is 11.8 Å². The Morgan fingerprint density at radius 1 is 1.65 bits per heavy atom. The Morgan fingerprint density at radius 2 is 2.47 bits per heavy atom. The van der Waals surface area contributed by atoms with Gasteiger partial charge in [-0.05, 0) is 6.92 Å². The highest BCUT2D eigenvalue weighted by Gasteiger charge is 2.07. The van der Waals surface area contributed by atoms with E-state index in [2.05, 4.69) is 20.6 Å². The standard InChI is InChI=1S/C9H12N6O2/c1-6-13-9(17-14-6)3-11-8(16)5-15-4-7(10)2-12-15/h2,4H,3,5,10H2,1H3,(H,11,16). The van der Waals surface area contributed by atoms with E-state index in [9.17, 15) is 4.79 Å². The summed E-state index contributed by atoms with van der Waals surface area (Å²) in [4.78, 5) is 15.5. The van der Waals surface area contributed by atoms with E-state index in [1.807, 2.05) is 0 Å². The maximum atomic E-state index is 11.5. The number of nitrogens with zero attached hydrogens (tertiary/aromatic N) is 4. The van der Waals surface area contributed by atoms with Crippen LogP contribution in [0.3, 0.4) is 0 Å². The predicted octanol–water partition coefficient (Wildman–Crippen LogP) is -0.527. The summed E-state index contributed by atoms with van der Waals surface area (Å²) in [7, 11) is 0. The first kappa shape index (κ1) is 11.1. The van der Waals surface area contributed by atoms with Crippen molar-refractivity contribution in [3.63, 3.8) is 0 Å². The summed E-state index contributed by atoms with van der Waals surface area (Å²) >= 11 is 0. The summed E-state index contributed by atoms with van der Waals surface area (Å²) in [5, 5.41) is 10.1. The number of rotatable bonds is 4. The fraction of sp³-hybridized carbons (Fsp3) is 0.333. The lowest BCUT2D eigenvalue weighted by Crippen LogP contribution is -2.27. The van der Waals surface area contributed by atoms with Crippen molar-refractivity contribution in [2.75, 3.05) is 5.73 Å². The van der Waals surface area contributed by atoms with Gasteiger partial charge in [0, 0.05) is 6.20 Å². The van der Waals surface area contributed by atoms with Gasteiger partial charge in [-0.1, -0.05) is 5.16 Å². The molecule has 8 nitrogen and oxygen atoms in total. The molecule has 2 aromatic rings. The van der Waals surface area contributed by atoms with Crippen LogP contribution in [0.4, 0.5) is 5.69 Å². The molecule has 3 N–H and O–H groups in total. The number of carbonyl (C=O) groups is 1. The Balaban J connectivity index is 1.82. The Kier molecular flexibility index (Phi) is 3.03. The minimum Gasteiger partial charge on any atom is -0.396 e. The number of nitrogen functional groups attached to an aromatic ring is 1. The zero-order valence-electron chi connectivity index (χ0n) is 9.25. The van der Waals surface area contributed by atoms with E-state index < -0.39 is 0 Å². The summed E-state index contributed by atoms with van der Waals surface area (Å²) in [5.41, 5.74) is 5.99. The van der Waals surface area contributed by atoms with E-state index in [0.29, 0.717) is 17.4 Å². The Hall–Kier alpha value is -2.38. The predicted molar refractivity (Wildman–Crippen MR) is 57.5 cm³/mol. The molecule has 0 aliphatic rings. The summed E-state index contributed by atoms with van der Waals surface area (Å²) < 4.78 is 6.30. The van der Waals surface area contributed by atoms with E-state index in [1.54, 1.807) is 13.1 Å². The van der Waals surface area contributed by atoms with Crippen LogP contribution in [-0.4, -0.2) is 25.8 Å². The molecule has 0 spiro atoms. The van der Waals surface area contributed by atoms with Gasteiger partial charge in [-0.3, -0.25) is 9.48 Å². The number of anilines is 1. The summed E-state index contributed by atoms with van der Waals surface area (Å²) in [6, 6.07) is 0. The lowest BCUT2D eigenvalue weighted by atomic mass is 10.5. The molecule has 2 heterocycles. The van der Waals surface area contributed by atoms with E-state index in [-0.39, 0.29) is 19.0 Å². The normalized spacial score (nSPS) is 10.4. The van der Waals surface area contributed by atoms with Gasteiger partial charge in [0.15, 0.2) is 5.82 Å². The molecule has 0 radical (unpaired) electrons. The zero-order chi connectivity index (χ0) is 12.3. The van der Waals surface area contributed by atoms with Gasteiger partial charge in [0.05, 0.1) is 18.4 Å². The van der Waals surface area contributed by atoms with E-state index in [4.69, 9.17) is 10.3 Å².